The van der Waals surface area contributed by atoms with E-state index in [9.17, 15) is 8.42 Å². The zero-order chi connectivity index (χ0) is 17.2. The third kappa shape index (κ3) is 3.31. The van der Waals surface area contributed by atoms with Crippen LogP contribution in [0.3, 0.4) is 0 Å². The first-order valence-electron chi connectivity index (χ1n) is 7.17. The van der Waals surface area contributed by atoms with Gasteiger partial charge in [0.25, 0.3) is 10.0 Å². The number of aromatic nitrogens is 3. The molecule has 0 saturated carbocycles. The second-order valence-corrected chi connectivity index (χ2v) is 7.33. The summed E-state index contributed by atoms with van der Waals surface area (Å²) in [5.41, 5.74) is 1.78. The molecule has 3 rings (SSSR count). The fourth-order valence-electron chi connectivity index (χ4n) is 2.03. The first-order valence-corrected chi connectivity index (χ1v) is 8.61. The third-order valence-electron chi connectivity index (χ3n) is 3.39. The Kier molecular flexibility index (Phi) is 4.36. The molecule has 2 heterocycles. The molecule has 0 unspecified atom stereocenters. The average Bonchev–Trinajstić information content (AvgIpc) is 3.25. The number of benzene rings is 1. The predicted octanol–water partition coefficient (Wildman–Crippen LogP) is 1.72. The lowest BCUT2D eigenvalue weighted by molar-refractivity contribution is 0.402. The topological polar surface area (TPSA) is 93.3 Å². The summed E-state index contributed by atoms with van der Waals surface area (Å²) in [5.74, 6) is 0.538. The largest absolute Gasteiger partial charge is 0.446 e. The van der Waals surface area contributed by atoms with Crippen molar-refractivity contribution in [3.8, 4) is 5.69 Å². The zero-order valence-electron chi connectivity index (χ0n) is 13.2. The van der Waals surface area contributed by atoms with Crippen molar-refractivity contribution in [2.45, 2.75) is 11.6 Å². The number of hydrogen-bond donors (Lipinski definition) is 1. The Hall–Kier alpha value is -2.65. The second kappa shape index (κ2) is 6.46. The number of rotatable bonds is 6. The van der Waals surface area contributed by atoms with Crippen LogP contribution in [-0.4, -0.2) is 41.6 Å². The minimum atomic E-state index is -3.55. The summed E-state index contributed by atoms with van der Waals surface area (Å²) in [4.78, 5) is 3.90. The van der Waals surface area contributed by atoms with E-state index in [1.54, 1.807) is 17.1 Å². The van der Waals surface area contributed by atoms with Gasteiger partial charge < -0.3 is 9.73 Å². The first-order chi connectivity index (χ1) is 11.5. The standard InChI is InChI=1S/C15H17N5O3S/c1-19(2)24(21,22)15-8-7-14(23-15)9-17-12-3-5-13(6-4-12)20-11-16-10-18-20/h3-8,10-11,17H,9H2,1-2H3. The molecule has 1 aromatic carbocycles. The number of nitrogens with zero attached hydrogens (tertiary/aromatic N) is 4. The van der Waals surface area contributed by atoms with Crippen molar-refractivity contribution in [2.75, 3.05) is 19.4 Å². The van der Waals surface area contributed by atoms with E-state index < -0.39 is 10.0 Å². The van der Waals surface area contributed by atoms with Crippen molar-refractivity contribution >= 4 is 15.7 Å². The molecule has 0 bridgehead atoms. The fraction of sp³-hybridized carbons (Fsp3) is 0.200. The molecule has 8 nitrogen and oxygen atoms in total. The van der Waals surface area contributed by atoms with Crippen LogP contribution >= 0.6 is 0 Å². The quantitative estimate of drug-likeness (QED) is 0.730. The van der Waals surface area contributed by atoms with E-state index in [-0.39, 0.29) is 5.09 Å². The van der Waals surface area contributed by atoms with Gasteiger partial charge >= 0.3 is 0 Å². The molecular formula is C15H17N5O3S. The van der Waals surface area contributed by atoms with Gasteiger partial charge in [-0.05, 0) is 36.4 Å². The van der Waals surface area contributed by atoms with Crippen LogP contribution in [0.25, 0.3) is 5.69 Å². The normalized spacial score (nSPS) is 11.8. The highest BCUT2D eigenvalue weighted by Crippen LogP contribution is 2.18. The molecule has 0 radical (unpaired) electrons. The summed E-state index contributed by atoms with van der Waals surface area (Å²) >= 11 is 0. The molecule has 3 aromatic rings. The van der Waals surface area contributed by atoms with E-state index in [1.807, 2.05) is 24.3 Å². The van der Waals surface area contributed by atoms with Crippen LogP contribution in [0.15, 0.2) is 58.6 Å². The van der Waals surface area contributed by atoms with Gasteiger partial charge in [-0.1, -0.05) is 0 Å². The lowest BCUT2D eigenvalue weighted by Crippen LogP contribution is -2.21. The third-order valence-corrected chi connectivity index (χ3v) is 5.08. The maximum Gasteiger partial charge on any atom is 0.275 e. The number of furan rings is 1. The average molecular weight is 347 g/mol. The molecule has 2 aromatic heterocycles. The fourth-order valence-corrected chi connectivity index (χ4v) is 2.85. The summed E-state index contributed by atoms with van der Waals surface area (Å²) in [6.07, 6.45) is 3.10. The summed E-state index contributed by atoms with van der Waals surface area (Å²) in [7, 11) is -0.617. The molecule has 1 N–H and O–H groups in total. The molecule has 24 heavy (non-hydrogen) atoms. The summed E-state index contributed by atoms with van der Waals surface area (Å²) in [5, 5.41) is 7.17. The summed E-state index contributed by atoms with van der Waals surface area (Å²) in [6, 6.07) is 10.7. The van der Waals surface area contributed by atoms with Gasteiger partial charge in [0.2, 0.25) is 5.09 Å². The predicted molar refractivity (Wildman–Crippen MR) is 88.3 cm³/mol. The molecule has 0 aliphatic carbocycles. The molecule has 0 aliphatic rings. The van der Waals surface area contributed by atoms with E-state index in [1.165, 1.54) is 26.5 Å². The Morgan fingerprint density at radius 1 is 1.17 bits per heavy atom. The van der Waals surface area contributed by atoms with Crippen molar-refractivity contribution in [2.24, 2.45) is 0 Å². The SMILES string of the molecule is CN(C)S(=O)(=O)c1ccc(CNc2ccc(-n3cncn3)cc2)o1. The van der Waals surface area contributed by atoms with Crippen LogP contribution < -0.4 is 5.32 Å². The zero-order valence-corrected chi connectivity index (χ0v) is 14.1. The Balaban J connectivity index is 1.65. The molecule has 0 spiro atoms. The van der Waals surface area contributed by atoms with Crippen LogP contribution in [0.2, 0.25) is 0 Å². The Morgan fingerprint density at radius 3 is 2.54 bits per heavy atom. The van der Waals surface area contributed by atoms with E-state index in [0.29, 0.717) is 12.3 Å². The number of anilines is 1. The van der Waals surface area contributed by atoms with Gasteiger partial charge in [0.05, 0.1) is 12.2 Å². The van der Waals surface area contributed by atoms with E-state index in [2.05, 4.69) is 15.4 Å². The Morgan fingerprint density at radius 2 is 1.92 bits per heavy atom. The molecule has 0 atom stereocenters. The molecule has 0 saturated heterocycles. The van der Waals surface area contributed by atoms with Crippen molar-refractivity contribution < 1.29 is 12.8 Å². The smallest absolute Gasteiger partial charge is 0.275 e. The van der Waals surface area contributed by atoms with Crippen LogP contribution in [0.5, 0.6) is 0 Å². The van der Waals surface area contributed by atoms with Gasteiger partial charge in [0.1, 0.15) is 18.4 Å². The highest BCUT2D eigenvalue weighted by Gasteiger charge is 2.21. The van der Waals surface area contributed by atoms with E-state index in [4.69, 9.17) is 4.42 Å². The van der Waals surface area contributed by atoms with Crippen LogP contribution in [0.1, 0.15) is 5.76 Å². The monoisotopic (exact) mass is 347 g/mol. The van der Waals surface area contributed by atoms with Crippen LogP contribution in [-0.2, 0) is 16.6 Å². The van der Waals surface area contributed by atoms with E-state index in [0.717, 1.165) is 15.7 Å². The highest BCUT2D eigenvalue weighted by atomic mass is 32.2. The van der Waals surface area contributed by atoms with Crippen molar-refractivity contribution in [3.63, 3.8) is 0 Å². The van der Waals surface area contributed by atoms with Gasteiger partial charge in [0, 0.05) is 19.8 Å². The molecule has 0 aliphatic heterocycles. The molecule has 0 fully saturated rings. The highest BCUT2D eigenvalue weighted by molar-refractivity contribution is 7.88. The van der Waals surface area contributed by atoms with Crippen molar-refractivity contribution in [1.29, 1.82) is 0 Å². The lowest BCUT2D eigenvalue weighted by atomic mass is 10.3. The van der Waals surface area contributed by atoms with E-state index >= 15 is 0 Å². The van der Waals surface area contributed by atoms with Crippen LogP contribution in [0.4, 0.5) is 5.69 Å². The second-order valence-electron chi connectivity index (χ2n) is 5.25. The van der Waals surface area contributed by atoms with Gasteiger partial charge in [-0.15, -0.1) is 0 Å². The number of hydrogen-bond acceptors (Lipinski definition) is 6. The Labute approximate surface area is 139 Å². The molecular weight excluding hydrogens is 330 g/mol. The number of sulfonamides is 1. The minimum absolute atomic E-state index is 0.0640. The Bertz CT molecular complexity index is 899. The maximum absolute atomic E-state index is 12.0. The molecule has 126 valence electrons. The minimum Gasteiger partial charge on any atom is -0.446 e. The van der Waals surface area contributed by atoms with Crippen molar-refractivity contribution in [1.82, 2.24) is 19.1 Å². The van der Waals surface area contributed by atoms with Crippen LogP contribution in [0, 0.1) is 0 Å². The van der Waals surface area contributed by atoms with Gasteiger partial charge in [-0.25, -0.2) is 22.4 Å². The summed E-state index contributed by atoms with van der Waals surface area (Å²) < 4.78 is 32.1. The van der Waals surface area contributed by atoms with Crippen molar-refractivity contribution in [3.05, 3.63) is 54.8 Å². The molecule has 9 heteroatoms. The van der Waals surface area contributed by atoms with Gasteiger partial charge in [-0.3, -0.25) is 0 Å². The first kappa shape index (κ1) is 16.2. The number of nitrogens with one attached hydrogen (secondary N) is 1. The summed E-state index contributed by atoms with van der Waals surface area (Å²) in [6.45, 7) is 0.381. The lowest BCUT2D eigenvalue weighted by Gasteiger charge is -2.08. The molecule has 0 amide bonds. The maximum atomic E-state index is 12.0. The van der Waals surface area contributed by atoms with Gasteiger partial charge in [-0.2, -0.15) is 5.10 Å². The van der Waals surface area contributed by atoms with Gasteiger partial charge in [0.15, 0.2) is 0 Å².